The summed E-state index contributed by atoms with van der Waals surface area (Å²) >= 11 is 2.04. The second kappa shape index (κ2) is 5.87. The van der Waals surface area contributed by atoms with E-state index in [1.54, 1.807) is 6.07 Å². The number of imidazole rings is 1. The van der Waals surface area contributed by atoms with E-state index in [1.165, 1.54) is 31.5 Å². The number of esters is 1. The molecule has 20 heavy (non-hydrogen) atoms. The molecule has 1 fully saturated rings. The Morgan fingerprint density at radius 2 is 2.30 bits per heavy atom. The van der Waals surface area contributed by atoms with Gasteiger partial charge < -0.3 is 9.14 Å². The first-order valence-corrected chi connectivity index (χ1v) is 8.06. The van der Waals surface area contributed by atoms with Gasteiger partial charge in [0.05, 0.1) is 12.8 Å². The zero-order valence-corrected chi connectivity index (χ0v) is 12.4. The molecule has 0 bridgehead atoms. The summed E-state index contributed by atoms with van der Waals surface area (Å²) in [4.78, 5) is 16.4. The normalized spacial score (nSPS) is 16.4. The van der Waals surface area contributed by atoms with Crippen LogP contribution >= 0.6 is 11.8 Å². The molecule has 0 N–H and O–H groups in total. The number of ether oxygens (including phenoxy) is 1. The number of hydrogen-bond donors (Lipinski definition) is 0. The Balaban J connectivity index is 1.88. The largest absolute Gasteiger partial charge is 0.465 e. The fraction of sp³-hybridized carbons (Fsp3) is 0.467. The molecule has 2 aromatic rings. The van der Waals surface area contributed by atoms with E-state index in [-0.39, 0.29) is 5.97 Å². The van der Waals surface area contributed by atoms with Gasteiger partial charge >= 0.3 is 5.97 Å². The van der Waals surface area contributed by atoms with Crippen molar-refractivity contribution in [2.75, 3.05) is 18.6 Å². The van der Waals surface area contributed by atoms with Crippen molar-refractivity contribution in [1.29, 1.82) is 0 Å². The smallest absolute Gasteiger partial charge is 0.341 e. The average Bonchev–Trinajstić information content (AvgIpc) is 2.89. The van der Waals surface area contributed by atoms with Crippen molar-refractivity contribution in [2.45, 2.75) is 19.3 Å². The molecule has 0 unspecified atom stereocenters. The number of rotatable bonds is 3. The topological polar surface area (TPSA) is 43.6 Å². The summed E-state index contributed by atoms with van der Waals surface area (Å²) in [6.45, 7) is 0. The number of methoxy groups -OCH3 is 1. The fourth-order valence-corrected chi connectivity index (χ4v) is 3.88. The lowest BCUT2D eigenvalue weighted by molar-refractivity contribution is 0.0602. The van der Waals surface area contributed by atoms with Crippen LogP contribution in [0.1, 0.15) is 28.9 Å². The highest BCUT2D eigenvalue weighted by Crippen LogP contribution is 2.26. The third kappa shape index (κ3) is 2.68. The van der Waals surface area contributed by atoms with Gasteiger partial charge in [0.1, 0.15) is 5.56 Å². The van der Waals surface area contributed by atoms with Crippen LogP contribution in [0.2, 0.25) is 0 Å². The molecule has 0 atom stereocenters. The number of aromatic nitrogens is 2. The van der Waals surface area contributed by atoms with E-state index in [0.717, 1.165) is 18.0 Å². The Morgan fingerprint density at radius 1 is 1.50 bits per heavy atom. The fourth-order valence-electron chi connectivity index (χ4n) is 2.68. The first-order valence-electron chi connectivity index (χ1n) is 6.90. The Bertz CT molecular complexity index is 617. The third-order valence-electron chi connectivity index (χ3n) is 3.78. The maximum Gasteiger partial charge on any atom is 0.341 e. The van der Waals surface area contributed by atoms with Gasteiger partial charge in [-0.1, -0.05) is 0 Å². The highest BCUT2D eigenvalue weighted by molar-refractivity contribution is 7.99. The summed E-state index contributed by atoms with van der Waals surface area (Å²) < 4.78 is 6.72. The van der Waals surface area contributed by atoms with Crippen LogP contribution in [0.3, 0.4) is 0 Å². The van der Waals surface area contributed by atoms with Crippen molar-refractivity contribution in [3.63, 3.8) is 0 Å². The van der Waals surface area contributed by atoms with Crippen molar-refractivity contribution < 1.29 is 9.53 Å². The molecule has 106 valence electrons. The van der Waals surface area contributed by atoms with E-state index in [9.17, 15) is 4.79 Å². The van der Waals surface area contributed by atoms with Gasteiger partial charge in [-0.15, -0.1) is 0 Å². The monoisotopic (exact) mass is 290 g/mol. The van der Waals surface area contributed by atoms with Gasteiger partial charge in [0.15, 0.2) is 5.65 Å². The minimum absolute atomic E-state index is 0.332. The minimum atomic E-state index is -0.332. The van der Waals surface area contributed by atoms with Crippen molar-refractivity contribution in [1.82, 2.24) is 9.38 Å². The summed E-state index contributed by atoms with van der Waals surface area (Å²) in [5, 5.41) is 0. The van der Waals surface area contributed by atoms with Gasteiger partial charge in [-0.25, -0.2) is 9.78 Å². The van der Waals surface area contributed by atoms with Gasteiger partial charge in [-0.3, -0.25) is 0 Å². The second-order valence-corrected chi connectivity index (χ2v) is 6.36. The maximum absolute atomic E-state index is 11.7. The minimum Gasteiger partial charge on any atom is -0.465 e. The summed E-state index contributed by atoms with van der Waals surface area (Å²) in [5.41, 5.74) is 2.29. The highest BCUT2D eigenvalue weighted by Gasteiger charge is 2.18. The SMILES string of the molecule is COC(=O)c1cccn2cc(CC3CCSCC3)nc12. The van der Waals surface area contributed by atoms with Gasteiger partial charge in [-0.05, 0) is 48.8 Å². The molecule has 0 amide bonds. The van der Waals surface area contributed by atoms with Crippen LogP contribution in [-0.2, 0) is 11.2 Å². The highest BCUT2D eigenvalue weighted by atomic mass is 32.2. The molecule has 0 spiro atoms. The number of carbonyl (C=O) groups excluding carboxylic acids is 1. The number of carbonyl (C=O) groups is 1. The van der Waals surface area contributed by atoms with E-state index < -0.39 is 0 Å². The van der Waals surface area contributed by atoms with E-state index in [1.807, 2.05) is 34.6 Å². The van der Waals surface area contributed by atoms with Gasteiger partial charge in [0.2, 0.25) is 0 Å². The quantitative estimate of drug-likeness (QED) is 0.815. The molecular weight excluding hydrogens is 272 g/mol. The van der Waals surface area contributed by atoms with Crippen LogP contribution in [0.4, 0.5) is 0 Å². The maximum atomic E-state index is 11.7. The standard InChI is InChI=1S/C15H18N2O2S/c1-19-15(18)13-3-2-6-17-10-12(16-14(13)17)9-11-4-7-20-8-5-11/h2-3,6,10-11H,4-5,7-9H2,1H3. The number of pyridine rings is 1. The third-order valence-corrected chi connectivity index (χ3v) is 4.83. The molecular formula is C15H18N2O2S. The Hall–Kier alpha value is -1.49. The van der Waals surface area contributed by atoms with E-state index >= 15 is 0 Å². The number of hydrogen-bond acceptors (Lipinski definition) is 4. The Morgan fingerprint density at radius 3 is 3.05 bits per heavy atom. The summed E-state index contributed by atoms with van der Waals surface area (Å²) in [7, 11) is 1.40. The van der Waals surface area contributed by atoms with Crippen molar-refractivity contribution in [2.24, 2.45) is 5.92 Å². The van der Waals surface area contributed by atoms with Crippen LogP contribution in [0.15, 0.2) is 24.5 Å². The van der Waals surface area contributed by atoms with Crippen molar-refractivity contribution in [3.8, 4) is 0 Å². The molecule has 2 aromatic heterocycles. The molecule has 3 heterocycles. The molecule has 0 aromatic carbocycles. The molecule has 0 saturated carbocycles. The summed E-state index contributed by atoms with van der Waals surface area (Å²) in [6.07, 6.45) is 7.49. The summed E-state index contributed by atoms with van der Waals surface area (Å²) in [5.74, 6) is 2.90. The number of nitrogens with zero attached hydrogens (tertiary/aromatic N) is 2. The first kappa shape index (κ1) is 13.5. The lowest BCUT2D eigenvalue weighted by Gasteiger charge is -2.19. The number of thioether (sulfide) groups is 1. The molecule has 0 radical (unpaired) electrons. The predicted molar refractivity (Wildman–Crippen MR) is 80.3 cm³/mol. The van der Waals surface area contributed by atoms with E-state index in [4.69, 9.17) is 4.74 Å². The molecule has 4 nitrogen and oxygen atoms in total. The predicted octanol–water partition coefficient (Wildman–Crippen LogP) is 2.81. The molecule has 5 heteroatoms. The average molecular weight is 290 g/mol. The molecule has 1 aliphatic heterocycles. The molecule has 0 aliphatic carbocycles. The summed E-state index contributed by atoms with van der Waals surface area (Å²) in [6, 6.07) is 3.61. The van der Waals surface area contributed by atoms with E-state index in [2.05, 4.69) is 4.98 Å². The van der Waals surface area contributed by atoms with Crippen LogP contribution in [0.5, 0.6) is 0 Å². The van der Waals surface area contributed by atoms with Crippen LogP contribution in [-0.4, -0.2) is 34.0 Å². The first-order chi connectivity index (χ1) is 9.78. The van der Waals surface area contributed by atoms with E-state index in [0.29, 0.717) is 11.2 Å². The molecule has 3 rings (SSSR count). The zero-order chi connectivity index (χ0) is 13.9. The molecule has 1 saturated heterocycles. The Kier molecular flexibility index (Phi) is 3.96. The number of fused-ring (bicyclic) bond motifs is 1. The Labute approximate surface area is 122 Å². The zero-order valence-electron chi connectivity index (χ0n) is 11.5. The van der Waals surface area contributed by atoms with Gasteiger partial charge in [-0.2, -0.15) is 11.8 Å². The lowest BCUT2D eigenvalue weighted by atomic mass is 9.97. The van der Waals surface area contributed by atoms with Crippen molar-refractivity contribution in [3.05, 3.63) is 35.8 Å². The van der Waals surface area contributed by atoms with Gasteiger partial charge in [0.25, 0.3) is 0 Å². The van der Waals surface area contributed by atoms with Crippen LogP contribution in [0, 0.1) is 5.92 Å². The lowest BCUT2D eigenvalue weighted by Crippen LogP contribution is -2.12. The van der Waals surface area contributed by atoms with Crippen LogP contribution < -0.4 is 0 Å². The van der Waals surface area contributed by atoms with Crippen LogP contribution in [0.25, 0.3) is 5.65 Å². The van der Waals surface area contributed by atoms with Gasteiger partial charge in [0, 0.05) is 12.4 Å². The second-order valence-electron chi connectivity index (χ2n) is 5.14. The van der Waals surface area contributed by atoms with Crippen molar-refractivity contribution >= 4 is 23.4 Å². The molecule has 1 aliphatic rings.